The van der Waals surface area contributed by atoms with E-state index >= 15 is 0 Å². The van der Waals surface area contributed by atoms with E-state index in [4.69, 9.17) is 11.2 Å². The number of hydrogen-bond acceptors (Lipinski definition) is 7. The Morgan fingerprint density at radius 2 is 1.96 bits per heavy atom. The van der Waals surface area contributed by atoms with Gasteiger partial charge in [0.05, 0.1) is 6.33 Å². The topological polar surface area (TPSA) is 96.5 Å². The summed E-state index contributed by atoms with van der Waals surface area (Å²) in [5.41, 5.74) is 1.20. The third-order valence-corrected chi connectivity index (χ3v) is 5.47. The SMILES string of the molecule is C#C[C@H]1O[C@@H](n2cnc3c(N(C)C4CCCCC4)ncnc32)[C@H](O)[C@@H]1O. The van der Waals surface area contributed by atoms with E-state index in [0.717, 1.165) is 18.7 Å². The first-order chi connectivity index (χ1) is 12.6. The number of fused-ring (bicyclic) bond motifs is 1. The van der Waals surface area contributed by atoms with Gasteiger partial charge in [-0.2, -0.15) is 0 Å². The van der Waals surface area contributed by atoms with Crippen molar-refractivity contribution in [2.24, 2.45) is 0 Å². The average Bonchev–Trinajstić information content (AvgIpc) is 3.23. The fraction of sp³-hybridized carbons (Fsp3) is 0.611. The number of aliphatic hydroxyl groups is 2. The summed E-state index contributed by atoms with van der Waals surface area (Å²) in [6.07, 6.45) is 10.4. The molecule has 0 unspecified atom stereocenters. The second kappa shape index (κ2) is 6.83. The second-order valence-electron chi connectivity index (χ2n) is 7.02. The minimum atomic E-state index is -1.15. The summed E-state index contributed by atoms with van der Waals surface area (Å²) in [6, 6.07) is 0.438. The maximum atomic E-state index is 10.3. The Kier molecular flexibility index (Phi) is 4.53. The molecule has 0 amide bonds. The van der Waals surface area contributed by atoms with Crippen LogP contribution < -0.4 is 4.90 Å². The smallest absolute Gasteiger partial charge is 0.167 e. The fourth-order valence-electron chi connectivity index (χ4n) is 3.95. The number of terminal acetylenes is 1. The third kappa shape index (κ3) is 2.72. The molecule has 4 atom stereocenters. The van der Waals surface area contributed by atoms with Gasteiger partial charge in [-0.15, -0.1) is 6.42 Å². The van der Waals surface area contributed by atoms with E-state index in [0.29, 0.717) is 17.2 Å². The molecule has 1 saturated heterocycles. The minimum Gasteiger partial charge on any atom is -0.386 e. The van der Waals surface area contributed by atoms with Crippen molar-refractivity contribution in [3.8, 4) is 12.3 Å². The van der Waals surface area contributed by atoms with Crippen molar-refractivity contribution in [2.45, 2.75) is 62.7 Å². The summed E-state index contributed by atoms with van der Waals surface area (Å²) >= 11 is 0. The number of rotatable bonds is 3. The normalized spacial score (nSPS) is 29.8. The molecule has 2 fully saturated rings. The van der Waals surface area contributed by atoms with E-state index in [1.165, 1.54) is 25.6 Å². The van der Waals surface area contributed by atoms with E-state index in [2.05, 4.69) is 25.8 Å². The molecule has 26 heavy (non-hydrogen) atoms. The average molecular weight is 357 g/mol. The molecule has 1 saturated carbocycles. The van der Waals surface area contributed by atoms with Crippen molar-refractivity contribution < 1.29 is 14.9 Å². The van der Waals surface area contributed by atoms with Gasteiger partial charge in [-0.05, 0) is 12.8 Å². The summed E-state index contributed by atoms with van der Waals surface area (Å²) in [7, 11) is 2.04. The van der Waals surface area contributed by atoms with Crippen molar-refractivity contribution in [3.05, 3.63) is 12.7 Å². The largest absolute Gasteiger partial charge is 0.386 e. The predicted octanol–water partition coefficient (Wildman–Crippen LogP) is 0.848. The highest BCUT2D eigenvalue weighted by Gasteiger charge is 2.43. The predicted molar refractivity (Wildman–Crippen MR) is 95.4 cm³/mol. The van der Waals surface area contributed by atoms with Gasteiger partial charge in [0, 0.05) is 13.1 Å². The van der Waals surface area contributed by atoms with Crippen LogP contribution in [-0.2, 0) is 4.74 Å². The van der Waals surface area contributed by atoms with Crippen LogP contribution in [0.2, 0.25) is 0 Å². The monoisotopic (exact) mass is 357 g/mol. The van der Waals surface area contributed by atoms with Crippen molar-refractivity contribution >= 4 is 17.0 Å². The van der Waals surface area contributed by atoms with Gasteiger partial charge in [0.25, 0.3) is 0 Å². The van der Waals surface area contributed by atoms with Crippen LogP contribution in [0.15, 0.2) is 12.7 Å². The van der Waals surface area contributed by atoms with Crippen LogP contribution >= 0.6 is 0 Å². The Hall–Kier alpha value is -2.21. The van der Waals surface area contributed by atoms with Crippen molar-refractivity contribution in [1.29, 1.82) is 0 Å². The Morgan fingerprint density at radius 3 is 2.65 bits per heavy atom. The molecule has 2 N–H and O–H groups in total. The molecule has 0 spiro atoms. The first kappa shape index (κ1) is 17.2. The van der Waals surface area contributed by atoms with Gasteiger partial charge in [0.15, 0.2) is 23.2 Å². The van der Waals surface area contributed by atoms with Gasteiger partial charge >= 0.3 is 0 Å². The summed E-state index contributed by atoms with van der Waals surface area (Å²) in [4.78, 5) is 15.4. The lowest BCUT2D eigenvalue weighted by Crippen LogP contribution is -2.34. The maximum Gasteiger partial charge on any atom is 0.167 e. The lowest BCUT2D eigenvalue weighted by atomic mass is 9.94. The Bertz CT molecular complexity index is 826. The molecule has 2 aliphatic rings. The molecule has 2 aromatic heterocycles. The highest BCUT2D eigenvalue weighted by molar-refractivity contribution is 5.83. The minimum absolute atomic E-state index is 0.438. The Morgan fingerprint density at radius 1 is 1.19 bits per heavy atom. The van der Waals surface area contributed by atoms with E-state index in [-0.39, 0.29) is 0 Å². The van der Waals surface area contributed by atoms with Gasteiger partial charge in [0.2, 0.25) is 0 Å². The van der Waals surface area contributed by atoms with Crippen molar-refractivity contribution in [2.75, 3.05) is 11.9 Å². The van der Waals surface area contributed by atoms with E-state index in [9.17, 15) is 10.2 Å². The van der Waals surface area contributed by atoms with E-state index < -0.39 is 24.5 Å². The number of aromatic nitrogens is 4. The zero-order valence-electron chi connectivity index (χ0n) is 14.7. The van der Waals surface area contributed by atoms with Crippen LogP contribution in [0.3, 0.4) is 0 Å². The van der Waals surface area contributed by atoms with Crippen LogP contribution in [0.5, 0.6) is 0 Å². The van der Waals surface area contributed by atoms with Crippen LogP contribution in [0.25, 0.3) is 11.2 Å². The van der Waals surface area contributed by atoms with Gasteiger partial charge in [-0.25, -0.2) is 15.0 Å². The highest BCUT2D eigenvalue weighted by Crippen LogP contribution is 2.33. The van der Waals surface area contributed by atoms with Crippen LogP contribution in [0.4, 0.5) is 5.82 Å². The first-order valence-electron chi connectivity index (χ1n) is 9.00. The zero-order chi connectivity index (χ0) is 18.3. The number of ether oxygens (including phenoxy) is 1. The molecule has 2 aromatic rings. The lowest BCUT2D eigenvalue weighted by molar-refractivity contribution is -0.0230. The summed E-state index contributed by atoms with van der Waals surface area (Å²) < 4.78 is 7.23. The molecule has 0 radical (unpaired) electrons. The molecule has 1 aliphatic heterocycles. The first-order valence-corrected chi connectivity index (χ1v) is 9.00. The van der Waals surface area contributed by atoms with Crippen molar-refractivity contribution in [1.82, 2.24) is 19.5 Å². The molecule has 3 heterocycles. The number of imidazole rings is 1. The van der Waals surface area contributed by atoms with Crippen LogP contribution in [0, 0.1) is 12.3 Å². The van der Waals surface area contributed by atoms with Crippen LogP contribution in [0.1, 0.15) is 38.3 Å². The maximum absolute atomic E-state index is 10.3. The van der Waals surface area contributed by atoms with Gasteiger partial charge < -0.3 is 19.8 Å². The number of nitrogens with zero attached hydrogens (tertiary/aromatic N) is 5. The summed E-state index contributed by atoms with van der Waals surface area (Å²) in [5.74, 6) is 3.12. The highest BCUT2D eigenvalue weighted by atomic mass is 16.6. The lowest BCUT2D eigenvalue weighted by Gasteiger charge is -2.32. The number of aliphatic hydroxyl groups excluding tert-OH is 2. The van der Waals surface area contributed by atoms with Gasteiger partial charge in [0.1, 0.15) is 24.6 Å². The quantitative estimate of drug-likeness (QED) is 0.786. The number of hydrogen-bond donors (Lipinski definition) is 2. The van der Waals surface area contributed by atoms with E-state index in [1.807, 2.05) is 7.05 Å². The molecule has 4 rings (SSSR count). The Labute approximate surface area is 151 Å². The fourth-order valence-corrected chi connectivity index (χ4v) is 3.95. The summed E-state index contributed by atoms with van der Waals surface area (Å²) in [6.45, 7) is 0. The molecule has 138 valence electrons. The van der Waals surface area contributed by atoms with Gasteiger partial charge in [-0.1, -0.05) is 25.2 Å². The molecule has 1 aliphatic carbocycles. The standard InChI is InChI=1S/C18H23N5O3/c1-3-12-14(24)15(25)18(26-12)23-10-21-13-16(19-9-20-17(13)23)22(2)11-7-5-4-6-8-11/h1,9-12,14-15,18,24-25H,4-8H2,2H3/t12-,14-,15-,18-/m1/s1. The molecule has 8 heteroatoms. The molecule has 0 aromatic carbocycles. The Balaban J connectivity index is 1.68. The van der Waals surface area contributed by atoms with Crippen molar-refractivity contribution in [3.63, 3.8) is 0 Å². The summed E-state index contributed by atoms with van der Waals surface area (Å²) in [5, 5.41) is 20.3. The van der Waals surface area contributed by atoms with Crippen LogP contribution in [-0.4, -0.2) is 61.1 Å². The van der Waals surface area contributed by atoms with Gasteiger partial charge in [-0.3, -0.25) is 4.57 Å². The second-order valence-corrected chi connectivity index (χ2v) is 7.02. The third-order valence-electron chi connectivity index (χ3n) is 5.47. The van der Waals surface area contributed by atoms with E-state index in [1.54, 1.807) is 10.9 Å². The molecular weight excluding hydrogens is 334 g/mol. The molecule has 8 nitrogen and oxygen atoms in total. The zero-order valence-corrected chi connectivity index (χ0v) is 14.7. The molecular formula is C18H23N5O3. The number of anilines is 1. The molecule has 0 bridgehead atoms.